The number of anilines is 1. The Morgan fingerprint density at radius 3 is 2.55 bits per heavy atom. The van der Waals surface area contributed by atoms with E-state index in [1.165, 1.54) is 27.6 Å². The van der Waals surface area contributed by atoms with E-state index in [0.717, 1.165) is 5.69 Å². The topological polar surface area (TPSA) is 16.1 Å². The Morgan fingerprint density at radius 1 is 0.955 bits per heavy atom. The standard InChI is InChI=1S/C20H20N2/c1-15-14-21-18(13-20(15)22(2)3)12-11-17-9-6-8-16-7-4-5-10-19(16)17/h4-14H,1-3H3/b12-11+. The number of fused-ring (bicyclic) bond motifs is 1. The molecule has 1 heterocycles. The quantitative estimate of drug-likeness (QED) is 0.689. The van der Waals surface area contributed by atoms with Gasteiger partial charge in [0.25, 0.3) is 0 Å². The van der Waals surface area contributed by atoms with E-state index in [4.69, 9.17) is 0 Å². The molecule has 0 fully saturated rings. The van der Waals surface area contributed by atoms with Crippen LogP contribution in [-0.4, -0.2) is 19.1 Å². The molecule has 0 aliphatic carbocycles. The Morgan fingerprint density at radius 2 is 1.73 bits per heavy atom. The molecule has 0 spiro atoms. The van der Waals surface area contributed by atoms with Gasteiger partial charge in [-0.2, -0.15) is 0 Å². The molecule has 0 saturated heterocycles. The lowest BCUT2D eigenvalue weighted by Gasteiger charge is -2.15. The van der Waals surface area contributed by atoms with Crippen LogP contribution in [0.15, 0.2) is 54.7 Å². The summed E-state index contributed by atoms with van der Waals surface area (Å²) in [5.41, 5.74) is 4.58. The van der Waals surface area contributed by atoms with Crippen molar-refractivity contribution in [2.24, 2.45) is 0 Å². The van der Waals surface area contributed by atoms with Crippen LogP contribution in [0.25, 0.3) is 22.9 Å². The highest BCUT2D eigenvalue weighted by Gasteiger charge is 2.02. The van der Waals surface area contributed by atoms with Crippen molar-refractivity contribution in [3.63, 3.8) is 0 Å². The van der Waals surface area contributed by atoms with Gasteiger partial charge in [-0.25, -0.2) is 0 Å². The average molecular weight is 288 g/mol. The van der Waals surface area contributed by atoms with E-state index in [-0.39, 0.29) is 0 Å². The first-order chi connectivity index (χ1) is 10.6. The molecule has 3 rings (SSSR count). The third-order valence-corrected chi connectivity index (χ3v) is 3.83. The lowest BCUT2D eigenvalue weighted by molar-refractivity contribution is 1.09. The van der Waals surface area contributed by atoms with E-state index in [1.54, 1.807) is 0 Å². The van der Waals surface area contributed by atoms with Gasteiger partial charge < -0.3 is 4.90 Å². The van der Waals surface area contributed by atoms with Crippen LogP contribution in [0.5, 0.6) is 0 Å². The molecule has 2 aromatic carbocycles. The van der Waals surface area contributed by atoms with Crippen molar-refractivity contribution in [2.75, 3.05) is 19.0 Å². The van der Waals surface area contributed by atoms with Crippen LogP contribution in [0, 0.1) is 6.92 Å². The van der Waals surface area contributed by atoms with E-state index >= 15 is 0 Å². The number of aryl methyl sites for hydroxylation is 1. The van der Waals surface area contributed by atoms with Gasteiger partial charge >= 0.3 is 0 Å². The molecule has 2 heteroatoms. The first-order valence-corrected chi connectivity index (χ1v) is 7.45. The van der Waals surface area contributed by atoms with Crippen molar-refractivity contribution < 1.29 is 0 Å². The molecule has 0 N–H and O–H groups in total. The summed E-state index contributed by atoms with van der Waals surface area (Å²) < 4.78 is 0. The molecule has 2 nitrogen and oxygen atoms in total. The van der Waals surface area contributed by atoms with Gasteiger partial charge in [-0.3, -0.25) is 4.98 Å². The first kappa shape index (κ1) is 14.3. The van der Waals surface area contributed by atoms with Gasteiger partial charge in [-0.05, 0) is 41.0 Å². The Labute approximate surface area is 131 Å². The molecule has 0 unspecified atom stereocenters. The number of nitrogens with zero attached hydrogens (tertiary/aromatic N) is 2. The predicted octanol–water partition coefficient (Wildman–Crippen LogP) is 4.78. The third-order valence-electron chi connectivity index (χ3n) is 3.83. The Balaban J connectivity index is 1.98. The second kappa shape index (κ2) is 6.02. The largest absolute Gasteiger partial charge is 0.377 e. The summed E-state index contributed by atoms with van der Waals surface area (Å²) >= 11 is 0. The fourth-order valence-electron chi connectivity index (χ4n) is 2.67. The number of hydrogen-bond acceptors (Lipinski definition) is 2. The zero-order chi connectivity index (χ0) is 15.5. The van der Waals surface area contributed by atoms with Crippen LogP contribution in [0.3, 0.4) is 0 Å². The van der Waals surface area contributed by atoms with E-state index < -0.39 is 0 Å². The zero-order valence-electron chi connectivity index (χ0n) is 13.2. The number of benzene rings is 2. The predicted molar refractivity (Wildman–Crippen MR) is 96.2 cm³/mol. The van der Waals surface area contributed by atoms with Crippen molar-refractivity contribution >= 4 is 28.6 Å². The maximum Gasteiger partial charge on any atom is 0.0650 e. The first-order valence-electron chi connectivity index (χ1n) is 7.45. The average Bonchev–Trinajstić information content (AvgIpc) is 2.53. The number of aromatic nitrogens is 1. The van der Waals surface area contributed by atoms with Gasteiger partial charge in [0.05, 0.1) is 5.69 Å². The van der Waals surface area contributed by atoms with E-state index in [2.05, 4.69) is 91.6 Å². The third kappa shape index (κ3) is 2.86. The van der Waals surface area contributed by atoms with E-state index in [1.807, 2.05) is 6.20 Å². The highest BCUT2D eigenvalue weighted by atomic mass is 15.1. The minimum Gasteiger partial charge on any atom is -0.377 e. The molecule has 0 aliphatic heterocycles. The van der Waals surface area contributed by atoms with Crippen LogP contribution >= 0.6 is 0 Å². The summed E-state index contributed by atoms with van der Waals surface area (Å²) in [5.74, 6) is 0. The fourth-order valence-corrected chi connectivity index (χ4v) is 2.67. The molecule has 3 aromatic rings. The molecule has 0 bridgehead atoms. The van der Waals surface area contributed by atoms with E-state index in [9.17, 15) is 0 Å². The van der Waals surface area contributed by atoms with Crippen molar-refractivity contribution in [1.82, 2.24) is 4.98 Å². The summed E-state index contributed by atoms with van der Waals surface area (Å²) in [5, 5.41) is 2.52. The second-order valence-corrected chi connectivity index (χ2v) is 5.69. The van der Waals surface area contributed by atoms with E-state index in [0.29, 0.717) is 0 Å². The normalized spacial score (nSPS) is 11.2. The summed E-state index contributed by atoms with van der Waals surface area (Å²) in [6.07, 6.45) is 6.14. The Kier molecular flexibility index (Phi) is 3.92. The molecule has 22 heavy (non-hydrogen) atoms. The van der Waals surface area contributed by atoms with Crippen LogP contribution in [0.4, 0.5) is 5.69 Å². The number of rotatable bonds is 3. The van der Waals surface area contributed by atoms with Crippen LogP contribution < -0.4 is 4.90 Å². The lowest BCUT2D eigenvalue weighted by Crippen LogP contribution is -2.10. The molecule has 0 radical (unpaired) electrons. The highest BCUT2D eigenvalue weighted by Crippen LogP contribution is 2.22. The van der Waals surface area contributed by atoms with Crippen molar-refractivity contribution in [1.29, 1.82) is 0 Å². The number of hydrogen-bond donors (Lipinski definition) is 0. The monoisotopic (exact) mass is 288 g/mol. The maximum atomic E-state index is 4.50. The van der Waals surface area contributed by atoms with Crippen LogP contribution in [0.2, 0.25) is 0 Å². The summed E-state index contributed by atoms with van der Waals surface area (Å²) in [7, 11) is 4.11. The summed E-state index contributed by atoms with van der Waals surface area (Å²) in [4.78, 5) is 6.62. The molecule has 0 saturated carbocycles. The van der Waals surface area contributed by atoms with Crippen LogP contribution in [-0.2, 0) is 0 Å². The lowest BCUT2D eigenvalue weighted by atomic mass is 10.0. The summed E-state index contributed by atoms with van der Waals surface area (Å²) in [6, 6.07) is 16.9. The molecule has 0 aliphatic rings. The molecule has 110 valence electrons. The van der Waals surface area contributed by atoms with Crippen LogP contribution in [0.1, 0.15) is 16.8 Å². The van der Waals surface area contributed by atoms with Crippen molar-refractivity contribution in [2.45, 2.75) is 6.92 Å². The van der Waals surface area contributed by atoms with Gasteiger partial charge in [0.15, 0.2) is 0 Å². The van der Waals surface area contributed by atoms with Gasteiger partial charge in [-0.15, -0.1) is 0 Å². The molecular formula is C20H20N2. The van der Waals surface area contributed by atoms with Crippen molar-refractivity contribution in [3.8, 4) is 0 Å². The van der Waals surface area contributed by atoms with Crippen molar-refractivity contribution in [3.05, 3.63) is 71.5 Å². The molecule has 0 atom stereocenters. The maximum absolute atomic E-state index is 4.50. The second-order valence-electron chi connectivity index (χ2n) is 5.69. The fraction of sp³-hybridized carbons (Fsp3) is 0.150. The van der Waals surface area contributed by atoms with Gasteiger partial charge in [0.2, 0.25) is 0 Å². The SMILES string of the molecule is Cc1cnc(/C=C/c2cccc3ccccc23)cc1N(C)C. The summed E-state index contributed by atoms with van der Waals surface area (Å²) in [6.45, 7) is 2.08. The minimum atomic E-state index is 0.974. The molecule has 0 amide bonds. The smallest absolute Gasteiger partial charge is 0.0650 e. The molecular weight excluding hydrogens is 268 g/mol. The Hall–Kier alpha value is -2.61. The van der Waals surface area contributed by atoms with Gasteiger partial charge in [0, 0.05) is 26.0 Å². The van der Waals surface area contributed by atoms with Gasteiger partial charge in [-0.1, -0.05) is 48.5 Å². The molecule has 1 aromatic heterocycles. The minimum absolute atomic E-state index is 0.974. The van der Waals surface area contributed by atoms with Gasteiger partial charge in [0.1, 0.15) is 0 Å². The number of pyridine rings is 1. The zero-order valence-corrected chi connectivity index (χ0v) is 13.2. The Bertz CT molecular complexity index is 827. The highest BCUT2D eigenvalue weighted by molar-refractivity contribution is 5.92.